The molecule has 0 saturated carbocycles. The highest BCUT2D eigenvalue weighted by atomic mass is 17.1. The molecule has 3 N–H and O–H groups in total. The normalized spacial score (nSPS) is 17.9. The maximum Gasteiger partial charge on any atom is 0.131 e. The number of aliphatic hydroxyl groups excluding tert-OH is 2. The van der Waals surface area contributed by atoms with Gasteiger partial charge in [-0.2, -0.15) is 0 Å². The van der Waals surface area contributed by atoms with Gasteiger partial charge < -0.3 is 19.7 Å². The molecule has 0 fully saturated rings. The van der Waals surface area contributed by atoms with Gasteiger partial charge in [0.25, 0.3) is 0 Å². The van der Waals surface area contributed by atoms with E-state index in [9.17, 15) is 0 Å². The van der Waals surface area contributed by atoms with Crippen LogP contribution in [0.15, 0.2) is 23.7 Å². The fourth-order valence-corrected chi connectivity index (χ4v) is 1.82. The molecule has 1 aliphatic carbocycles. The lowest BCUT2D eigenvalue weighted by Crippen LogP contribution is -2.03. The molecule has 1 atom stereocenters. The second-order valence-electron chi connectivity index (χ2n) is 4.59. The number of aliphatic hydroxyl groups is 2. The summed E-state index contributed by atoms with van der Waals surface area (Å²) in [4.78, 5) is 3.91. The molecule has 0 aromatic rings. The molecule has 1 rings (SSSR count). The minimum atomic E-state index is 0.0932. The van der Waals surface area contributed by atoms with Crippen molar-refractivity contribution in [1.82, 2.24) is 0 Å². The molecule has 1 aliphatic rings. The number of hydrogen-bond acceptors (Lipinski definition) is 6. The van der Waals surface area contributed by atoms with Gasteiger partial charge in [0.15, 0.2) is 0 Å². The van der Waals surface area contributed by atoms with Crippen LogP contribution in [-0.4, -0.2) is 48.5 Å². The van der Waals surface area contributed by atoms with E-state index in [0.29, 0.717) is 18.9 Å². The molecule has 0 spiro atoms. The van der Waals surface area contributed by atoms with E-state index < -0.39 is 0 Å². The monoisotopic (exact) mass is 288 g/mol. The molecule has 6 nitrogen and oxygen atoms in total. The van der Waals surface area contributed by atoms with Gasteiger partial charge in [0, 0.05) is 32.0 Å². The van der Waals surface area contributed by atoms with Crippen molar-refractivity contribution in [3.63, 3.8) is 0 Å². The Balaban J connectivity index is 2.27. The zero-order valence-corrected chi connectivity index (χ0v) is 11.7. The Morgan fingerprint density at radius 2 is 1.95 bits per heavy atom. The van der Waals surface area contributed by atoms with E-state index >= 15 is 0 Å². The van der Waals surface area contributed by atoms with Crippen molar-refractivity contribution in [2.45, 2.75) is 25.7 Å². The average molecular weight is 288 g/mol. The maximum atomic E-state index is 8.78. The van der Waals surface area contributed by atoms with E-state index in [1.54, 1.807) is 0 Å². The molecular weight excluding hydrogens is 264 g/mol. The molecule has 0 bridgehead atoms. The minimum Gasteiger partial charge on any atom is -0.495 e. The topological polar surface area (TPSA) is 88.4 Å². The van der Waals surface area contributed by atoms with E-state index in [-0.39, 0.29) is 26.4 Å². The first-order valence-corrected chi connectivity index (χ1v) is 6.94. The van der Waals surface area contributed by atoms with Crippen molar-refractivity contribution in [2.75, 3.05) is 33.0 Å². The van der Waals surface area contributed by atoms with Gasteiger partial charge in [0.1, 0.15) is 25.2 Å². The smallest absolute Gasteiger partial charge is 0.131 e. The Morgan fingerprint density at radius 3 is 2.65 bits per heavy atom. The third-order valence-electron chi connectivity index (χ3n) is 2.92. The first kappa shape index (κ1) is 17.0. The van der Waals surface area contributed by atoms with Gasteiger partial charge in [-0.25, -0.2) is 4.89 Å². The molecular formula is C14H24O6. The summed E-state index contributed by atoms with van der Waals surface area (Å²) in [7, 11) is 0. The van der Waals surface area contributed by atoms with Crippen molar-refractivity contribution in [2.24, 2.45) is 5.92 Å². The molecule has 0 unspecified atom stereocenters. The Morgan fingerprint density at radius 1 is 1.15 bits per heavy atom. The Kier molecular flexibility index (Phi) is 9.06. The van der Waals surface area contributed by atoms with Crippen molar-refractivity contribution < 1.29 is 29.8 Å². The third kappa shape index (κ3) is 7.49. The van der Waals surface area contributed by atoms with Crippen molar-refractivity contribution in [3.8, 4) is 0 Å². The molecule has 20 heavy (non-hydrogen) atoms. The fourth-order valence-electron chi connectivity index (χ4n) is 1.82. The van der Waals surface area contributed by atoms with Crippen LogP contribution in [0.1, 0.15) is 25.7 Å². The average Bonchev–Trinajstić information content (AvgIpc) is 3.19. The van der Waals surface area contributed by atoms with Gasteiger partial charge in [-0.15, -0.1) is 0 Å². The maximum absolute atomic E-state index is 8.78. The Hall–Kier alpha value is -1.08. The molecule has 6 heteroatoms. The predicted octanol–water partition coefficient (Wildman–Crippen LogP) is 1.45. The van der Waals surface area contributed by atoms with Crippen LogP contribution in [0, 0.1) is 5.92 Å². The highest BCUT2D eigenvalue weighted by molar-refractivity contribution is 5.30. The highest BCUT2D eigenvalue weighted by Crippen LogP contribution is 2.37. The summed E-state index contributed by atoms with van der Waals surface area (Å²) in [5.41, 5.74) is 1.34. The second-order valence-corrected chi connectivity index (χ2v) is 4.59. The van der Waals surface area contributed by atoms with Gasteiger partial charge in [-0.3, -0.25) is 5.26 Å². The molecule has 116 valence electrons. The van der Waals surface area contributed by atoms with Gasteiger partial charge in [-0.05, 0) is 12.8 Å². The van der Waals surface area contributed by atoms with Gasteiger partial charge in [0.2, 0.25) is 0 Å². The summed E-state index contributed by atoms with van der Waals surface area (Å²) in [6, 6.07) is 0. The lowest BCUT2D eigenvalue weighted by molar-refractivity contribution is -0.247. The summed E-state index contributed by atoms with van der Waals surface area (Å²) in [5, 5.41) is 25.7. The van der Waals surface area contributed by atoms with Crippen LogP contribution in [0.4, 0.5) is 0 Å². The Bertz CT molecular complexity index is 313. The quantitative estimate of drug-likeness (QED) is 0.156. The summed E-state index contributed by atoms with van der Waals surface area (Å²) < 4.78 is 10.8. The number of ether oxygens (including phenoxy) is 2. The molecule has 0 amide bonds. The second kappa shape index (κ2) is 10.7. The minimum absolute atomic E-state index is 0.0932. The number of hydrogen-bond donors (Lipinski definition) is 3. The van der Waals surface area contributed by atoms with E-state index in [0.717, 1.165) is 25.0 Å². The van der Waals surface area contributed by atoms with Crippen LogP contribution in [0.25, 0.3) is 0 Å². The first-order chi connectivity index (χ1) is 9.81. The van der Waals surface area contributed by atoms with Gasteiger partial charge >= 0.3 is 0 Å². The first-order valence-electron chi connectivity index (χ1n) is 6.94. The van der Waals surface area contributed by atoms with E-state index in [1.807, 2.05) is 0 Å². The van der Waals surface area contributed by atoms with Crippen molar-refractivity contribution >= 4 is 0 Å². The zero-order valence-electron chi connectivity index (χ0n) is 11.7. The largest absolute Gasteiger partial charge is 0.495 e. The molecule has 0 aromatic heterocycles. The summed E-state index contributed by atoms with van der Waals surface area (Å²) in [6.07, 6.45) is 6.71. The standard InChI is InChI=1S/C14H24O6/c15-4-1-3-12-9-13(12)10-14(19-6-2-5-16)11-18-7-8-20-17/h9,11,13,15-17H,1-8,10H2/b14-11-/t13-/m1/s1. The van der Waals surface area contributed by atoms with E-state index in [2.05, 4.69) is 11.0 Å². The van der Waals surface area contributed by atoms with E-state index in [4.69, 9.17) is 24.9 Å². The Labute approximate surface area is 119 Å². The van der Waals surface area contributed by atoms with Crippen LogP contribution in [0.2, 0.25) is 0 Å². The molecule has 0 saturated heterocycles. The summed E-state index contributed by atoms with van der Waals surface area (Å²) in [5.74, 6) is 1.11. The number of allylic oxidation sites excluding steroid dienone is 3. The van der Waals surface area contributed by atoms with E-state index in [1.165, 1.54) is 11.8 Å². The van der Waals surface area contributed by atoms with Crippen LogP contribution >= 0.6 is 0 Å². The predicted molar refractivity (Wildman–Crippen MR) is 72.8 cm³/mol. The SMILES string of the molecule is OCCCO/C(=C\OCCOO)C[C@H]1C=C1CCCO. The lowest BCUT2D eigenvalue weighted by atomic mass is 10.1. The zero-order chi connectivity index (χ0) is 14.6. The van der Waals surface area contributed by atoms with Gasteiger partial charge in [-0.1, -0.05) is 11.6 Å². The lowest BCUT2D eigenvalue weighted by Gasteiger charge is -2.10. The summed E-state index contributed by atoms with van der Waals surface area (Å²) >= 11 is 0. The third-order valence-corrected chi connectivity index (χ3v) is 2.92. The van der Waals surface area contributed by atoms with Crippen molar-refractivity contribution in [1.29, 1.82) is 0 Å². The van der Waals surface area contributed by atoms with Crippen LogP contribution < -0.4 is 0 Å². The summed E-state index contributed by atoms with van der Waals surface area (Å²) in [6.45, 7) is 1.10. The molecule has 0 heterocycles. The van der Waals surface area contributed by atoms with Crippen molar-refractivity contribution in [3.05, 3.63) is 23.7 Å². The van der Waals surface area contributed by atoms with Crippen LogP contribution in [0.5, 0.6) is 0 Å². The fraction of sp³-hybridized carbons (Fsp3) is 0.714. The van der Waals surface area contributed by atoms with Crippen LogP contribution in [0.3, 0.4) is 0 Å². The number of rotatable bonds is 13. The molecule has 0 aromatic carbocycles. The molecule has 0 radical (unpaired) electrons. The molecule has 0 aliphatic heterocycles. The van der Waals surface area contributed by atoms with Gasteiger partial charge in [0.05, 0.1) is 6.61 Å². The highest BCUT2D eigenvalue weighted by Gasteiger charge is 2.25. The van der Waals surface area contributed by atoms with Crippen LogP contribution in [-0.2, 0) is 14.4 Å².